The highest BCUT2D eigenvalue weighted by molar-refractivity contribution is 5.81. The second-order valence-corrected chi connectivity index (χ2v) is 8.42. The molecule has 2 amide bonds. The van der Waals surface area contributed by atoms with Crippen LogP contribution in [0, 0.1) is 0 Å². The Bertz CT molecular complexity index is 1110. The highest BCUT2D eigenvalue weighted by Crippen LogP contribution is 2.28. The molecule has 0 aliphatic carbocycles. The zero-order chi connectivity index (χ0) is 24.8. The van der Waals surface area contributed by atoms with Crippen LogP contribution in [0.5, 0.6) is 5.75 Å². The predicted octanol–water partition coefficient (Wildman–Crippen LogP) is 5.61. The van der Waals surface area contributed by atoms with Crippen molar-refractivity contribution in [2.24, 2.45) is 5.10 Å². The quantitative estimate of drug-likeness (QED) is 0.553. The van der Waals surface area contributed by atoms with Gasteiger partial charge in [-0.25, -0.2) is 4.79 Å². The molecule has 0 aromatic heterocycles. The van der Waals surface area contributed by atoms with Crippen LogP contribution in [0.15, 0.2) is 72.0 Å². The number of ether oxygens (including phenoxy) is 2. The van der Waals surface area contributed by atoms with Gasteiger partial charge in [0.15, 0.2) is 0 Å². The topological polar surface area (TPSA) is 54.4 Å². The smallest absolute Gasteiger partial charge is 0.406 e. The summed E-state index contributed by atoms with van der Waals surface area (Å²) in [7, 11) is 1.64. The van der Waals surface area contributed by atoms with E-state index in [-0.39, 0.29) is 23.9 Å². The monoisotopic (exact) mass is 485 g/mol. The van der Waals surface area contributed by atoms with Crippen LogP contribution < -0.4 is 4.74 Å². The van der Waals surface area contributed by atoms with Gasteiger partial charge in [-0.3, -0.25) is 0 Å². The van der Waals surface area contributed by atoms with Gasteiger partial charge in [-0.2, -0.15) is 5.01 Å². The van der Waals surface area contributed by atoms with Gasteiger partial charge in [0.05, 0.1) is 6.10 Å². The number of allylic oxidation sites excluding steroid dienone is 2. The molecule has 2 aromatic carbocycles. The molecule has 2 aliphatic rings. The maximum Gasteiger partial charge on any atom is 0.573 e. The van der Waals surface area contributed by atoms with E-state index in [1.165, 1.54) is 29.3 Å². The number of nitrogens with zero attached hydrogens (tertiary/aromatic N) is 3. The summed E-state index contributed by atoms with van der Waals surface area (Å²) in [5.41, 5.74) is 2.51. The molecule has 0 radical (unpaired) electrons. The Balaban J connectivity index is 1.55. The van der Waals surface area contributed by atoms with E-state index in [0.717, 1.165) is 18.4 Å². The normalized spacial score (nSPS) is 20.4. The average molecular weight is 486 g/mol. The van der Waals surface area contributed by atoms with Crippen LogP contribution in [0.2, 0.25) is 0 Å². The van der Waals surface area contributed by atoms with Crippen molar-refractivity contribution in [3.8, 4) is 5.75 Å². The third kappa shape index (κ3) is 6.53. The molecule has 1 fully saturated rings. The van der Waals surface area contributed by atoms with Crippen molar-refractivity contribution >= 4 is 17.5 Å². The molecule has 9 heteroatoms. The molecule has 4 rings (SSSR count). The number of piperidine rings is 1. The number of amides is 2. The highest BCUT2D eigenvalue weighted by Gasteiger charge is 2.34. The molecule has 6 nitrogen and oxygen atoms in total. The van der Waals surface area contributed by atoms with Crippen molar-refractivity contribution in [3.63, 3.8) is 0 Å². The van der Waals surface area contributed by atoms with Crippen LogP contribution in [0.3, 0.4) is 0 Å². The summed E-state index contributed by atoms with van der Waals surface area (Å²) in [6, 6.07) is 15.2. The fourth-order valence-corrected chi connectivity index (χ4v) is 4.30. The number of hydrogen-bond acceptors (Lipinski definition) is 4. The molecule has 0 saturated carbocycles. The molecule has 0 spiro atoms. The van der Waals surface area contributed by atoms with Gasteiger partial charge in [-0.1, -0.05) is 42.5 Å². The van der Waals surface area contributed by atoms with Crippen LogP contribution in [-0.4, -0.2) is 54.0 Å². The fourth-order valence-electron chi connectivity index (χ4n) is 4.30. The van der Waals surface area contributed by atoms with Crippen LogP contribution in [-0.2, 0) is 11.2 Å². The Labute approximate surface area is 201 Å². The fraction of sp³-hybridized carbons (Fsp3) is 0.346. The van der Waals surface area contributed by atoms with E-state index in [4.69, 9.17) is 4.74 Å². The Morgan fingerprint density at radius 3 is 2.54 bits per heavy atom. The second-order valence-electron chi connectivity index (χ2n) is 8.42. The zero-order valence-corrected chi connectivity index (χ0v) is 19.2. The lowest BCUT2D eigenvalue weighted by molar-refractivity contribution is -0.274. The van der Waals surface area contributed by atoms with Gasteiger partial charge in [-0.05, 0) is 54.2 Å². The summed E-state index contributed by atoms with van der Waals surface area (Å²) in [5, 5.41) is 5.42. The Morgan fingerprint density at radius 2 is 1.86 bits per heavy atom. The first-order valence-corrected chi connectivity index (χ1v) is 11.3. The molecule has 2 atom stereocenters. The van der Waals surface area contributed by atoms with Crippen molar-refractivity contribution in [1.82, 2.24) is 9.91 Å². The van der Waals surface area contributed by atoms with Crippen LogP contribution in [0.1, 0.15) is 30.4 Å². The number of carbonyl (C=O) groups excluding carboxylic acids is 1. The van der Waals surface area contributed by atoms with Crippen molar-refractivity contribution in [2.45, 2.75) is 44.2 Å². The third-order valence-corrected chi connectivity index (χ3v) is 6.07. The van der Waals surface area contributed by atoms with E-state index in [9.17, 15) is 18.0 Å². The summed E-state index contributed by atoms with van der Waals surface area (Å²) in [4.78, 5) is 15.4. The van der Waals surface area contributed by atoms with Crippen LogP contribution in [0.25, 0.3) is 5.57 Å². The van der Waals surface area contributed by atoms with E-state index < -0.39 is 6.36 Å². The lowest BCUT2D eigenvalue weighted by atomic mass is 9.94. The van der Waals surface area contributed by atoms with E-state index in [1.54, 1.807) is 24.3 Å². The number of likely N-dealkylation sites (tertiary alicyclic amines) is 1. The minimum absolute atomic E-state index is 0.0191. The minimum atomic E-state index is -4.76. The predicted molar refractivity (Wildman–Crippen MR) is 126 cm³/mol. The molecular weight excluding hydrogens is 459 g/mol. The van der Waals surface area contributed by atoms with Gasteiger partial charge in [0.1, 0.15) is 5.75 Å². The first-order valence-electron chi connectivity index (χ1n) is 11.3. The number of benzene rings is 2. The minimum Gasteiger partial charge on any atom is -0.406 e. The van der Waals surface area contributed by atoms with E-state index in [0.29, 0.717) is 30.5 Å². The number of methoxy groups -OCH3 is 1. The largest absolute Gasteiger partial charge is 0.573 e. The maximum atomic E-state index is 13.6. The Hall–Kier alpha value is -3.55. The number of carbonyl (C=O) groups is 1. The summed E-state index contributed by atoms with van der Waals surface area (Å²) in [5.74, 6) is 2.46. The first-order chi connectivity index (χ1) is 16.8. The number of rotatable bonds is 5. The Kier molecular flexibility index (Phi) is 7.58. The zero-order valence-electron chi connectivity index (χ0n) is 19.2. The Morgan fingerprint density at radius 1 is 1.11 bits per heavy atom. The number of alkyl halides is 3. The lowest BCUT2D eigenvalue weighted by Gasteiger charge is -2.40. The standard InChI is InChI=1S/C26H26F3N3O3/c1-34-24-14-11-22(16-19-6-3-2-4-7-19)31(18-24)25(33)32-17-21(8-5-15-30-32)20-9-12-23(13-10-20)35-26(27,28)29/h2-7,9-10,12-13,17,22,24H,8,11,14,16,18H2,1H3/t22-,24-/m1/s1. The van der Waals surface area contributed by atoms with E-state index in [2.05, 4.69) is 15.7 Å². The van der Waals surface area contributed by atoms with E-state index in [1.807, 2.05) is 30.3 Å². The summed E-state index contributed by atoms with van der Waals surface area (Å²) >= 11 is 0. The van der Waals surface area contributed by atoms with Crippen LogP contribution >= 0.6 is 0 Å². The molecule has 2 heterocycles. The molecule has 0 bridgehead atoms. The van der Waals surface area contributed by atoms with Gasteiger partial charge in [0.25, 0.3) is 0 Å². The number of hydrazone groups is 1. The number of halogens is 3. The SMILES string of the molecule is CO[C@@H]1CC[C@H](Cc2ccccc2)N(C(=O)N2C=C(c3ccc(OC(F)(F)F)cc3)CC=C=N2)C1. The molecular formula is C26H26F3N3O3. The molecule has 184 valence electrons. The highest BCUT2D eigenvalue weighted by atomic mass is 19.4. The molecule has 1 saturated heterocycles. The van der Waals surface area contributed by atoms with Gasteiger partial charge < -0.3 is 14.4 Å². The molecule has 0 unspecified atom stereocenters. The first kappa shape index (κ1) is 24.6. The van der Waals surface area contributed by atoms with Gasteiger partial charge >= 0.3 is 12.4 Å². The van der Waals surface area contributed by atoms with Gasteiger partial charge in [0.2, 0.25) is 0 Å². The number of urea groups is 1. The van der Waals surface area contributed by atoms with Crippen LogP contribution in [0.4, 0.5) is 18.0 Å². The average Bonchev–Trinajstić information content (AvgIpc) is 3.10. The van der Waals surface area contributed by atoms with Gasteiger partial charge in [0, 0.05) is 38.2 Å². The van der Waals surface area contributed by atoms with Crippen molar-refractivity contribution in [1.29, 1.82) is 0 Å². The maximum absolute atomic E-state index is 13.6. The van der Waals surface area contributed by atoms with Crippen molar-refractivity contribution in [3.05, 3.63) is 78.0 Å². The van der Waals surface area contributed by atoms with Crippen molar-refractivity contribution < 1.29 is 27.4 Å². The molecule has 2 aliphatic heterocycles. The van der Waals surface area contributed by atoms with Crippen molar-refractivity contribution in [2.75, 3.05) is 13.7 Å². The van der Waals surface area contributed by atoms with Gasteiger partial charge in [-0.15, -0.1) is 18.3 Å². The lowest BCUT2D eigenvalue weighted by Crippen LogP contribution is -2.52. The summed E-state index contributed by atoms with van der Waals surface area (Å²) in [6.45, 7) is 0.440. The third-order valence-electron chi connectivity index (χ3n) is 6.07. The molecule has 35 heavy (non-hydrogen) atoms. The van der Waals surface area contributed by atoms with E-state index >= 15 is 0 Å². The summed E-state index contributed by atoms with van der Waals surface area (Å²) in [6.07, 6.45) is 1.24. The summed E-state index contributed by atoms with van der Waals surface area (Å²) < 4.78 is 46.9. The number of hydrogen-bond donors (Lipinski definition) is 0. The second kappa shape index (κ2) is 10.8. The molecule has 2 aromatic rings. The molecule has 0 N–H and O–H groups in total.